The lowest BCUT2D eigenvalue weighted by atomic mass is 9.75. The van der Waals surface area contributed by atoms with E-state index >= 15 is 0 Å². The van der Waals surface area contributed by atoms with Crippen LogP contribution in [0.15, 0.2) is 60.7 Å². The average molecular weight is 386 g/mol. The van der Waals surface area contributed by atoms with Gasteiger partial charge in [-0.3, -0.25) is 4.57 Å². The van der Waals surface area contributed by atoms with Gasteiger partial charge in [-0.05, 0) is 48.3 Å². The van der Waals surface area contributed by atoms with Crippen molar-refractivity contribution in [2.24, 2.45) is 17.8 Å². The molecular weight excluding hydrogens is 355 g/mol. The molecule has 0 aromatic heterocycles. The van der Waals surface area contributed by atoms with Crippen LogP contribution >= 0.6 is 7.37 Å². The molecule has 1 saturated carbocycles. The Hall–Kier alpha value is -1.41. The van der Waals surface area contributed by atoms with Gasteiger partial charge in [0.2, 0.25) is 0 Å². The number of aliphatic hydroxyl groups is 1. The van der Waals surface area contributed by atoms with Crippen molar-refractivity contribution in [3.05, 3.63) is 66.2 Å². The topological polar surface area (TPSA) is 46.5 Å². The maximum absolute atomic E-state index is 14.2. The van der Waals surface area contributed by atoms with Crippen LogP contribution in [0, 0.1) is 17.8 Å². The fraction of sp³-hybridized carbons (Fsp3) is 0.478. The van der Waals surface area contributed by atoms with Crippen molar-refractivity contribution in [1.82, 2.24) is 0 Å². The minimum Gasteiger partial charge on any atom is -0.378 e. The molecule has 0 heterocycles. The predicted octanol–water partition coefficient (Wildman–Crippen LogP) is 5.76. The summed E-state index contributed by atoms with van der Waals surface area (Å²) in [6.07, 6.45) is 3.05. The van der Waals surface area contributed by atoms with Gasteiger partial charge in [0.1, 0.15) is 0 Å². The Bertz CT molecular complexity index is 760. The highest BCUT2D eigenvalue weighted by Crippen LogP contribution is 2.60. The molecule has 27 heavy (non-hydrogen) atoms. The number of rotatable bonds is 6. The van der Waals surface area contributed by atoms with Crippen molar-refractivity contribution in [1.29, 1.82) is 0 Å². The Morgan fingerprint density at radius 3 is 2.19 bits per heavy atom. The normalized spacial score (nSPS) is 26.5. The van der Waals surface area contributed by atoms with Gasteiger partial charge >= 0.3 is 0 Å². The molecular formula is C23H31O3P. The van der Waals surface area contributed by atoms with Crippen LogP contribution in [-0.2, 0) is 9.09 Å². The van der Waals surface area contributed by atoms with E-state index < -0.39 is 13.2 Å². The Kier molecular flexibility index (Phi) is 6.57. The second-order valence-corrected chi connectivity index (χ2v) is 10.6. The van der Waals surface area contributed by atoms with E-state index in [9.17, 15) is 9.67 Å². The fourth-order valence-corrected chi connectivity index (χ4v) is 6.47. The smallest absolute Gasteiger partial charge is 0.264 e. The molecule has 2 aromatic carbocycles. The van der Waals surface area contributed by atoms with E-state index in [0.717, 1.165) is 12.8 Å². The molecule has 146 valence electrons. The van der Waals surface area contributed by atoms with Gasteiger partial charge in [0.25, 0.3) is 7.37 Å². The van der Waals surface area contributed by atoms with Gasteiger partial charge in [-0.2, -0.15) is 0 Å². The van der Waals surface area contributed by atoms with Gasteiger partial charge in [0.15, 0.2) is 5.85 Å². The van der Waals surface area contributed by atoms with Crippen LogP contribution < -0.4 is 5.30 Å². The molecule has 2 aromatic rings. The summed E-state index contributed by atoms with van der Waals surface area (Å²) in [6.45, 7) is 6.64. The van der Waals surface area contributed by atoms with Crippen LogP contribution in [0.3, 0.4) is 0 Å². The van der Waals surface area contributed by atoms with Crippen molar-refractivity contribution >= 4 is 12.7 Å². The quantitative estimate of drug-likeness (QED) is 0.642. The van der Waals surface area contributed by atoms with Gasteiger partial charge in [-0.1, -0.05) is 75.7 Å². The van der Waals surface area contributed by atoms with Crippen LogP contribution in [0.5, 0.6) is 0 Å². The number of aliphatic hydroxyl groups excluding tert-OH is 1. The molecule has 3 nitrogen and oxygen atoms in total. The molecule has 0 spiro atoms. The van der Waals surface area contributed by atoms with Crippen molar-refractivity contribution in [2.75, 3.05) is 0 Å². The SMILES string of the molecule is CC(C)[C@H]1CC[C@@H](C)C[C@H]1O[P@@](=O)(c1ccccc1)[C@H](O)c1ccccc1. The molecule has 0 amide bonds. The molecule has 0 aliphatic heterocycles. The van der Waals surface area contributed by atoms with E-state index in [2.05, 4.69) is 20.8 Å². The maximum atomic E-state index is 14.2. The minimum atomic E-state index is -3.50. The molecule has 0 radical (unpaired) electrons. The fourth-order valence-electron chi connectivity index (χ4n) is 4.15. The molecule has 1 aliphatic rings. The molecule has 0 unspecified atom stereocenters. The molecule has 4 heteroatoms. The zero-order valence-corrected chi connectivity index (χ0v) is 17.4. The summed E-state index contributed by atoms with van der Waals surface area (Å²) in [4.78, 5) is 0. The summed E-state index contributed by atoms with van der Waals surface area (Å²) in [5, 5.41) is 11.7. The van der Waals surface area contributed by atoms with Gasteiger partial charge in [0, 0.05) is 5.30 Å². The Morgan fingerprint density at radius 1 is 1.00 bits per heavy atom. The van der Waals surface area contributed by atoms with Gasteiger partial charge < -0.3 is 9.63 Å². The Morgan fingerprint density at radius 2 is 1.59 bits per heavy atom. The van der Waals surface area contributed by atoms with E-state index in [4.69, 9.17) is 4.52 Å². The standard InChI is InChI=1S/C23H31O3P/c1-17(2)21-15-14-18(3)16-22(21)26-27(25,20-12-8-5-9-13-20)23(24)19-10-6-4-7-11-19/h4-13,17-18,21-24H,14-16H2,1-3H3/t18-,21-,22-,23+,27+/m1/s1. The number of benzene rings is 2. The lowest BCUT2D eigenvalue weighted by molar-refractivity contribution is 0.0427. The molecule has 5 atom stereocenters. The van der Waals surface area contributed by atoms with Crippen molar-refractivity contribution < 1.29 is 14.2 Å². The van der Waals surface area contributed by atoms with Crippen molar-refractivity contribution in [2.45, 2.75) is 52.0 Å². The van der Waals surface area contributed by atoms with E-state index in [0.29, 0.717) is 28.6 Å². The second kappa shape index (κ2) is 8.73. The Labute approximate surface area is 163 Å². The van der Waals surface area contributed by atoms with E-state index in [1.165, 1.54) is 6.42 Å². The first-order valence-corrected chi connectivity index (χ1v) is 11.7. The van der Waals surface area contributed by atoms with Crippen LogP contribution in [0.2, 0.25) is 0 Å². The summed E-state index contributed by atoms with van der Waals surface area (Å²) in [7, 11) is -3.50. The van der Waals surface area contributed by atoms with Crippen LogP contribution in [0.25, 0.3) is 0 Å². The highest BCUT2D eigenvalue weighted by molar-refractivity contribution is 7.67. The zero-order valence-electron chi connectivity index (χ0n) is 16.5. The zero-order chi connectivity index (χ0) is 19.4. The summed E-state index contributed by atoms with van der Waals surface area (Å²) >= 11 is 0. The molecule has 0 saturated heterocycles. The highest BCUT2D eigenvalue weighted by atomic mass is 31.2. The highest BCUT2D eigenvalue weighted by Gasteiger charge is 2.42. The average Bonchev–Trinajstić information content (AvgIpc) is 2.68. The van der Waals surface area contributed by atoms with Gasteiger partial charge in [-0.15, -0.1) is 0 Å². The van der Waals surface area contributed by atoms with Crippen LogP contribution in [0.1, 0.15) is 51.4 Å². The molecule has 3 rings (SSSR count). The maximum Gasteiger partial charge on any atom is 0.264 e. The summed E-state index contributed by atoms with van der Waals surface area (Å²) in [5.41, 5.74) is 0.634. The minimum absolute atomic E-state index is 0.0989. The molecule has 1 N–H and O–H groups in total. The van der Waals surface area contributed by atoms with E-state index in [-0.39, 0.29) is 6.10 Å². The van der Waals surface area contributed by atoms with Crippen molar-refractivity contribution in [3.8, 4) is 0 Å². The largest absolute Gasteiger partial charge is 0.378 e. The van der Waals surface area contributed by atoms with Crippen molar-refractivity contribution in [3.63, 3.8) is 0 Å². The third-order valence-electron chi connectivity index (χ3n) is 5.79. The molecule has 1 aliphatic carbocycles. The summed E-state index contributed by atoms with van der Waals surface area (Å²) in [6, 6.07) is 18.4. The van der Waals surface area contributed by atoms with Gasteiger partial charge in [-0.25, -0.2) is 0 Å². The first kappa shape index (κ1) is 20.3. The number of hydrogen-bond donors (Lipinski definition) is 1. The molecule has 1 fully saturated rings. The van der Waals surface area contributed by atoms with Crippen LogP contribution in [-0.4, -0.2) is 11.2 Å². The predicted molar refractivity (Wildman–Crippen MR) is 111 cm³/mol. The third-order valence-corrected chi connectivity index (χ3v) is 8.33. The summed E-state index contributed by atoms with van der Waals surface area (Å²) < 4.78 is 20.6. The first-order valence-electron chi connectivity index (χ1n) is 9.98. The molecule has 0 bridgehead atoms. The van der Waals surface area contributed by atoms with E-state index in [1.807, 2.05) is 60.7 Å². The third kappa shape index (κ3) is 4.54. The summed E-state index contributed by atoms with van der Waals surface area (Å²) in [5.74, 6) is 0.205. The van der Waals surface area contributed by atoms with Gasteiger partial charge in [0.05, 0.1) is 6.10 Å². The Balaban J connectivity index is 1.98. The van der Waals surface area contributed by atoms with Crippen LogP contribution in [0.4, 0.5) is 0 Å². The second-order valence-electron chi connectivity index (χ2n) is 8.19. The first-order chi connectivity index (χ1) is 12.9. The van der Waals surface area contributed by atoms with E-state index in [1.54, 1.807) is 0 Å². The monoisotopic (exact) mass is 386 g/mol. The lowest BCUT2D eigenvalue weighted by Crippen LogP contribution is -2.35. The number of hydrogen-bond acceptors (Lipinski definition) is 3. The lowest BCUT2D eigenvalue weighted by Gasteiger charge is -2.39.